The van der Waals surface area contributed by atoms with Crippen LogP contribution in [-0.4, -0.2) is 41.1 Å². The first-order valence-corrected chi connectivity index (χ1v) is 7.30. The summed E-state index contributed by atoms with van der Waals surface area (Å²) in [5.41, 5.74) is 0.789. The number of aromatic nitrogens is 1. The summed E-state index contributed by atoms with van der Waals surface area (Å²) >= 11 is 3.46. The highest BCUT2D eigenvalue weighted by atomic mass is 79.9. The van der Waals surface area contributed by atoms with Gasteiger partial charge in [0.25, 0.3) is 5.91 Å². The minimum absolute atomic E-state index is 0.142. The molecule has 1 atom stereocenters. The van der Waals surface area contributed by atoms with E-state index in [9.17, 15) is 4.79 Å². The molecule has 4 nitrogen and oxygen atoms in total. The van der Waals surface area contributed by atoms with Crippen molar-refractivity contribution in [2.45, 2.75) is 32.9 Å². The van der Waals surface area contributed by atoms with E-state index in [1.54, 1.807) is 0 Å². The van der Waals surface area contributed by atoms with Crippen LogP contribution in [0.15, 0.2) is 16.7 Å². The summed E-state index contributed by atoms with van der Waals surface area (Å²) in [7, 11) is 0. The summed E-state index contributed by atoms with van der Waals surface area (Å²) in [6, 6.07) is 2.18. The molecule has 0 aliphatic carbocycles. The number of halogens is 1. The lowest BCUT2D eigenvalue weighted by Crippen LogP contribution is -2.52. The van der Waals surface area contributed by atoms with Gasteiger partial charge in [-0.15, -0.1) is 0 Å². The lowest BCUT2D eigenvalue weighted by Gasteiger charge is -2.34. The Kier molecular flexibility index (Phi) is 4.45. The van der Waals surface area contributed by atoms with Crippen LogP contribution >= 0.6 is 15.9 Å². The predicted octanol–water partition coefficient (Wildman–Crippen LogP) is 2.09. The number of rotatable bonds is 3. The summed E-state index contributed by atoms with van der Waals surface area (Å²) in [5.74, 6) is 0.142. The average molecular weight is 314 g/mol. The number of hydrogen-bond acceptors (Lipinski definition) is 2. The van der Waals surface area contributed by atoms with Gasteiger partial charge in [-0.3, -0.25) is 4.79 Å². The number of nitrogens with one attached hydrogen (secondary N) is 1. The molecule has 0 spiro atoms. The quantitative estimate of drug-likeness (QED) is 0.928. The molecule has 1 aromatic heterocycles. The molecule has 0 radical (unpaired) electrons. The Morgan fingerprint density at radius 2 is 2.39 bits per heavy atom. The van der Waals surface area contributed by atoms with Crippen molar-refractivity contribution in [1.29, 1.82) is 0 Å². The number of nitrogens with zero attached hydrogens (tertiary/aromatic N) is 2. The van der Waals surface area contributed by atoms with Crippen molar-refractivity contribution in [3.63, 3.8) is 0 Å². The lowest BCUT2D eigenvalue weighted by molar-refractivity contribution is 0.0644. The highest BCUT2D eigenvalue weighted by Crippen LogP contribution is 2.18. The first kappa shape index (κ1) is 13.6. The van der Waals surface area contributed by atoms with Crippen LogP contribution in [0, 0.1) is 0 Å². The molecule has 18 heavy (non-hydrogen) atoms. The molecule has 0 bridgehead atoms. The largest absolute Gasteiger partial charge is 0.342 e. The van der Waals surface area contributed by atoms with Crippen molar-refractivity contribution < 1.29 is 4.79 Å². The second-order valence-corrected chi connectivity index (χ2v) is 5.70. The van der Waals surface area contributed by atoms with Gasteiger partial charge in [-0.1, -0.05) is 6.92 Å². The molecule has 0 saturated carbocycles. The van der Waals surface area contributed by atoms with Gasteiger partial charge in [0, 0.05) is 42.9 Å². The maximum absolute atomic E-state index is 12.6. The Labute approximate surface area is 116 Å². The Hall–Kier alpha value is -0.810. The second kappa shape index (κ2) is 5.89. The summed E-state index contributed by atoms with van der Waals surface area (Å²) < 4.78 is 3.02. The van der Waals surface area contributed by atoms with Crippen molar-refractivity contribution in [3.05, 3.63) is 22.4 Å². The smallest absolute Gasteiger partial charge is 0.270 e. The highest BCUT2D eigenvalue weighted by Gasteiger charge is 2.26. The van der Waals surface area contributed by atoms with E-state index < -0.39 is 0 Å². The van der Waals surface area contributed by atoms with Crippen molar-refractivity contribution in [1.82, 2.24) is 14.8 Å². The number of piperazine rings is 1. The van der Waals surface area contributed by atoms with Crippen molar-refractivity contribution in [2.24, 2.45) is 0 Å². The third-order valence-electron chi connectivity index (χ3n) is 3.31. The summed E-state index contributed by atoms with van der Waals surface area (Å²) in [6.45, 7) is 7.64. The molecular weight excluding hydrogens is 294 g/mol. The van der Waals surface area contributed by atoms with Crippen LogP contribution in [-0.2, 0) is 6.54 Å². The summed E-state index contributed by atoms with van der Waals surface area (Å²) in [5, 5.41) is 3.31. The molecular formula is C13H20BrN3O. The topological polar surface area (TPSA) is 37.3 Å². The van der Waals surface area contributed by atoms with Gasteiger partial charge in [-0.25, -0.2) is 0 Å². The molecule has 1 aliphatic heterocycles. The Bertz CT molecular complexity index is 430. The molecule has 1 fully saturated rings. The predicted molar refractivity (Wildman–Crippen MR) is 75.8 cm³/mol. The third-order valence-corrected chi connectivity index (χ3v) is 3.74. The van der Waals surface area contributed by atoms with Crippen LogP contribution in [0.2, 0.25) is 0 Å². The Balaban J connectivity index is 2.21. The molecule has 1 unspecified atom stereocenters. The normalized spacial score (nSPS) is 20.2. The molecule has 1 amide bonds. The molecule has 100 valence electrons. The van der Waals surface area contributed by atoms with Gasteiger partial charge in [0.15, 0.2) is 0 Å². The number of hydrogen-bond donors (Lipinski definition) is 1. The maximum Gasteiger partial charge on any atom is 0.270 e. The van der Waals surface area contributed by atoms with E-state index in [4.69, 9.17) is 0 Å². The van der Waals surface area contributed by atoms with Crippen LogP contribution in [0.5, 0.6) is 0 Å². The maximum atomic E-state index is 12.6. The van der Waals surface area contributed by atoms with E-state index in [1.165, 1.54) is 0 Å². The van der Waals surface area contributed by atoms with Gasteiger partial charge in [-0.2, -0.15) is 0 Å². The lowest BCUT2D eigenvalue weighted by atomic mass is 10.2. The molecule has 1 aromatic rings. The monoisotopic (exact) mass is 313 g/mol. The van der Waals surface area contributed by atoms with E-state index in [1.807, 2.05) is 21.7 Å². The number of aryl methyl sites for hydroxylation is 1. The number of carbonyl (C=O) groups is 1. The third kappa shape index (κ3) is 2.78. The van der Waals surface area contributed by atoms with Gasteiger partial charge in [0.2, 0.25) is 0 Å². The van der Waals surface area contributed by atoms with Crippen molar-refractivity contribution >= 4 is 21.8 Å². The Morgan fingerprint density at radius 3 is 3.06 bits per heavy atom. The molecule has 2 heterocycles. The van der Waals surface area contributed by atoms with Crippen LogP contribution in [0.25, 0.3) is 0 Å². The molecule has 5 heteroatoms. The number of carbonyl (C=O) groups excluding carboxylic acids is 1. The fourth-order valence-electron chi connectivity index (χ4n) is 2.37. The fraction of sp³-hybridized carbons (Fsp3) is 0.615. The van der Waals surface area contributed by atoms with Crippen LogP contribution in [0.1, 0.15) is 30.8 Å². The zero-order valence-corrected chi connectivity index (χ0v) is 12.5. The molecule has 2 rings (SSSR count). The van der Waals surface area contributed by atoms with E-state index in [0.29, 0.717) is 0 Å². The van der Waals surface area contributed by atoms with Crippen LogP contribution in [0.3, 0.4) is 0 Å². The molecule has 1 N–H and O–H groups in total. The first-order valence-electron chi connectivity index (χ1n) is 6.51. The molecule has 1 aliphatic rings. The molecule has 0 aromatic carbocycles. The van der Waals surface area contributed by atoms with E-state index in [2.05, 4.69) is 35.1 Å². The minimum atomic E-state index is 0.142. The average Bonchev–Trinajstić information content (AvgIpc) is 2.71. The number of amides is 1. The molecule has 1 saturated heterocycles. The SMILES string of the molecule is CCCn1cc(Br)cc1C(=O)N1CCNCC1C. The van der Waals surface area contributed by atoms with Crippen LogP contribution in [0.4, 0.5) is 0 Å². The Morgan fingerprint density at radius 1 is 1.61 bits per heavy atom. The second-order valence-electron chi connectivity index (χ2n) is 4.79. The zero-order chi connectivity index (χ0) is 13.1. The fourth-order valence-corrected chi connectivity index (χ4v) is 2.83. The van der Waals surface area contributed by atoms with Gasteiger partial charge < -0.3 is 14.8 Å². The highest BCUT2D eigenvalue weighted by molar-refractivity contribution is 9.10. The van der Waals surface area contributed by atoms with Crippen molar-refractivity contribution in [3.8, 4) is 0 Å². The minimum Gasteiger partial charge on any atom is -0.342 e. The van der Waals surface area contributed by atoms with E-state index in [0.717, 1.165) is 42.8 Å². The zero-order valence-electron chi connectivity index (χ0n) is 10.9. The van der Waals surface area contributed by atoms with Crippen LogP contribution < -0.4 is 5.32 Å². The van der Waals surface area contributed by atoms with Gasteiger partial charge >= 0.3 is 0 Å². The van der Waals surface area contributed by atoms with Gasteiger partial charge in [0.05, 0.1) is 0 Å². The van der Waals surface area contributed by atoms with Gasteiger partial charge in [0.1, 0.15) is 5.69 Å². The van der Waals surface area contributed by atoms with Crippen molar-refractivity contribution in [2.75, 3.05) is 19.6 Å². The van der Waals surface area contributed by atoms with Gasteiger partial charge in [-0.05, 0) is 35.3 Å². The first-order chi connectivity index (χ1) is 8.63. The summed E-state index contributed by atoms with van der Waals surface area (Å²) in [6.07, 6.45) is 3.02. The standard InChI is InChI=1S/C13H20BrN3O/c1-3-5-16-9-11(14)7-12(16)13(18)17-6-4-15-8-10(17)2/h7,9-10,15H,3-6,8H2,1-2H3. The van der Waals surface area contributed by atoms with E-state index >= 15 is 0 Å². The van der Waals surface area contributed by atoms with E-state index in [-0.39, 0.29) is 11.9 Å². The summed E-state index contributed by atoms with van der Waals surface area (Å²) in [4.78, 5) is 14.5.